The molecule has 0 radical (unpaired) electrons. The van der Waals surface area contributed by atoms with E-state index in [0.717, 1.165) is 16.9 Å². The summed E-state index contributed by atoms with van der Waals surface area (Å²) in [5, 5.41) is 0. The zero-order valence-electron chi connectivity index (χ0n) is 15.1. The Kier molecular flexibility index (Phi) is 10.5. The predicted octanol–water partition coefficient (Wildman–Crippen LogP) is 6.09. The Balaban J connectivity index is 0.000000339. The Morgan fingerprint density at radius 2 is 1.08 bits per heavy atom. The quantitative estimate of drug-likeness (QED) is 0.488. The highest BCUT2D eigenvalue weighted by Gasteiger charge is 1.84. The number of anilines is 2. The number of benzene rings is 3. The van der Waals surface area contributed by atoms with E-state index in [1.807, 2.05) is 62.4 Å². The highest BCUT2D eigenvalue weighted by Crippen LogP contribution is 2.06. The van der Waals surface area contributed by atoms with Crippen molar-refractivity contribution in [2.24, 2.45) is 0 Å². The molecule has 0 amide bonds. The van der Waals surface area contributed by atoms with Crippen molar-refractivity contribution in [2.45, 2.75) is 35.1 Å². The Hall–Kier alpha value is -2.74. The van der Waals surface area contributed by atoms with Crippen molar-refractivity contribution >= 4 is 11.4 Å². The first-order chi connectivity index (χ1) is 11.4. The van der Waals surface area contributed by atoms with Crippen LogP contribution in [0.3, 0.4) is 0 Å². The first-order valence-electron chi connectivity index (χ1n) is 8.05. The molecule has 134 valence electrons. The molecular weight excluding hydrogens is 304 g/mol. The van der Waals surface area contributed by atoms with Gasteiger partial charge in [-0.2, -0.15) is 0 Å². The minimum Gasteiger partial charge on any atom is -0.399 e. The van der Waals surface area contributed by atoms with Gasteiger partial charge in [-0.3, -0.25) is 0 Å². The number of hydrogen-bond donors (Lipinski definition) is 2. The predicted molar refractivity (Wildman–Crippen MR) is 114 cm³/mol. The van der Waals surface area contributed by atoms with Gasteiger partial charge in [0.05, 0.1) is 0 Å². The summed E-state index contributed by atoms with van der Waals surface area (Å²) in [6.07, 6.45) is 0. The fourth-order valence-corrected chi connectivity index (χ4v) is 1.96. The van der Waals surface area contributed by atoms with E-state index < -0.39 is 0 Å². The molecule has 0 saturated heterocycles. The van der Waals surface area contributed by atoms with E-state index in [1.165, 1.54) is 16.7 Å². The molecule has 0 atom stereocenters. The van der Waals surface area contributed by atoms with Gasteiger partial charge in [-0.25, -0.2) is 0 Å². The molecule has 2 heteroatoms. The van der Waals surface area contributed by atoms with Crippen molar-refractivity contribution in [2.75, 3.05) is 11.5 Å². The number of nitrogen functional groups attached to an aromatic ring is 2. The van der Waals surface area contributed by atoms with Crippen LogP contribution in [0.2, 0.25) is 0 Å². The van der Waals surface area contributed by atoms with Crippen molar-refractivity contribution in [3.63, 3.8) is 0 Å². The van der Waals surface area contributed by atoms with Gasteiger partial charge in [0.15, 0.2) is 0 Å². The van der Waals surface area contributed by atoms with Gasteiger partial charge in [0.2, 0.25) is 0 Å². The lowest BCUT2D eigenvalue weighted by Crippen LogP contribution is -1.85. The summed E-state index contributed by atoms with van der Waals surface area (Å²) in [7, 11) is 0. The van der Waals surface area contributed by atoms with E-state index >= 15 is 0 Å². The molecule has 0 aliphatic rings. The van der Waals surface area contributed by atoms with Crippen LogP contribution in [0.4, 0.5) is 11.4 Å². The average molecular weight is 337 g/mol. The van der Waals surface area contributed by atoms with Crippen molar-refractivity contribution in [1.29, 1.82) is 0 Å². The molecule has 25 heavy (non-hydrogen) atoms. The smallest absolute Gasteiger partial charge is 0.0343 e. The van der Waals surface area contributed by atoms with Gasteiger partial charge < -0.3 is 11.5 Å². The van der Waals surface area contributed by atoms with Gasteiger partial charge in [-0.05, 0) is 51.5 Å². The van der Waals surface area contributed by atoms with Gasteiger partial charge in [0, 0.05) is 11.4 Å². The van der Waals surface area contributed by atoms with E-state index in [-0.39, 0.29) is 7.43 Å². The lowest BCUT2D eigenvalue weighted by atomic mass is 10.2. The van der Waals surface area contributed by atoms with E-state index in [0.29, 0.717) is 0 Å². The largest absolute Gasteiger partial charge is 0.399 e. The number of hydrogen-bond acceptors (Lipinski definition) is 2. The minimum atomic E-state index is 0. The zero-order valence-corrected chi connectivity index (χ0v) is 15.1. The molecule has 0 bridgehead atoms. The fraction of sp³-hybridized carbons (Fsp3) is 0.217. The zero-order chi connectivity index (χ0) is 17.9. The van der Waals surface area contributed by atoms with Crippen LogP contribution in [0.1, 0.15) is 29.7 Å². The average Bonchev–Trinajstić information content (AvgIpc) is 2.54. The molecule has 0 aliphatic carbocycles. The van der Waals surface area contributed by atoms with Crippen LogP contribution < -0.4 is 11.5 Å². The summed E-state index contributed by atoms with van der Waals surface area (Å²) in [6, 6.07) is 24.0. The summed E-state index contributed by atoms with van der Waals surface area (Å²) in [4.78, 5) is 0. The molecule has 2 nitrogen and oxygen atoms in total. The summed E-state index contributed by atoms with van der Waals surface area (Å²) < 4.78 is 0. The Morgan fingerprint density at radius 3 is 1.40 bits per heavy atom. The lowest BCUT2D eigenvalue weighted by Gasteiger charge is -1.93. The Morgan fingerprint density at radius 1 is 0.560 bits per heavy atom. The van der Waals surface area contributed by atoms with Crippen molar-refractivity contribution in [3.8, 4) is 0 Å². The lowest BCUT2D eigenvalue weighted by molar-refractivity contribution is 1.39. The van der Waals surface area contributed by atoms with Gasteiger partial charge in [-0.1, -0.05) is 78.7 Å². The first kappa shape index (κ1) is 22.3. The van der Waals surface area contributed by atoms with Crippen LogP contribution >= 0.6 is 0 Å². The van der Waals surface area contributed by atoms with Crippen LogP contribution in [0.5, 0.6) is 0 Å². The van der Waals surface area contributed by atoms with Crippen molar-refractivity contribution < 1.29 is 0 Å². The van der Waals surface area contributed by atoms with Crippen LogP contribution in [0, 0.1) is 27.7 Å². The number of rotatable bonds is 0. The molecule has 0 aliphatic heterocycles. The maximum absolute atomic E-state index is 5.52. The second-order valence-corrected chi connectivity index (χ2v) is 5.93. The van der Waals surface area contributed by atoms with Crippen molar-refractivity contribution in [3.05, 3.63) is 95.1 Å². The summed E-state index contributed by atoms with van der Waals surface area (Å²) in [6.45, 7) is 8.24. The number of nitrogens with two attached hydrogens (primary N) is 2. The summed E-state index contributed by atoms with van der Waals surface area (Å²) >= 11 is 0. The maximum Gasteiger partial charge on any atom is 0.0343 e. The van der Waals surface area contributed by atoms with Crippen LogP contribution in [-0.4, -0.2) is 0 Å². The maximum atomic E-state index is 5.52. The third-order valence-electron chi connectivity index (χ3n) is 3.44. The van der Waals surface area contributed by atoms with E-state index in [9.17, 15) is 0 Å². The first-order valence-corrected chi connectivity index (χ1v) is 8.05. The highest BCUT2D eigenvalue weighted by molar-refractivity contribution is 5.45. The Bertz CT molecular complexity index is 672. The molecule has 0 spiro atoms. The molecule has 0 fully saturated rings. The fourth-order valence-electron chi connectivity index (χ4n) is 1.96. The highest BCUT2D eigenvalue weighted by atomic mass is 14.5. The van der Waals surface area contributed by atoms with E-state index in [2.05, 4.69) is 38.1 Å². The normalized spacial score (nSPS) is 8.80. The van der Waals surface area contributed by atoms with E-state index in [1.54, 1.807) is 0 Å². The Labute approximate surface area is 153 Å². The topological polar surface area (TPSA) is 52.0 Å². The van der Waals surface area contributed by atoms with Gasteiger partial charge in [-0.15, -0.1) is 0 Å². The third kappa shape index (κ3) is 9.87. The van der Waals surface area contributed by atoms with E-state index in [4.69, 9.17) is 11.5 Å². The molecule has 3 rings (SSSR count). The second-order valence-electron chi connectivity index (χ2n) is 5.93. The molecule has 0 aromatic heterocycles. The van der Waals surface area contributed by atoms with Gasteiger partial charge in [0.1, 0.15) is 0 Å². The molecule has 0 unspecified atom stereocenters. The second kappa shape index (κ2) is 11.7. The third-order valence-corrected chi connectivity index (χ3v) is 3.44. The molecule has 0 heterocycles. The molecular formula is C23H32N2. The van der Waals surface area contributed by atoms with Crippen LogP contribution in [0.15, 0.2) is 72.8 Å². The molecule has 3 aromatic carbocycles. The SMILES string of the molecule is C.Cc1ccc(N)cc1.Cc1cccc(C)c1.Cc1ccccc1N. The molecule has 3 aromatic rings. The van der Waals surface area contributed by atoms with Crippen LogP contribution in [0.25, 0.3) is 0 Å². The molecule has 0 saturated carbocycles. The summed E-state index contributed by atoms with van der Waals surface area (Å²) in [5.74, 6) is 0. The van der Waals surface area contributed by atoms with Gasteiger partial charge >= 0.3 is 0 Å². The standard InChI is InChI=1S/C8H10.2C7H9N.CH4/c1-7-4-3-5-8(2)6-7;1-6-2-4-7(8)5-3-6;1-6-4-2-3-5-7(6)8;/h3-6H,1-2H3;2*2-5H,8H2,1H3;1H4. The number of aryl methyl sites for hydroxylation is 4. The monoisotopic (exact) mass is 336 g/mol. The molecule has 4 N–H and O–H groups in total. The van der Waals surface area contributed by atoms with Crippen LogP contribution in [-0.2, 0) is 0 Å². The summed E-state index contributed by atoms with van der Waals surface area (Å²) in [5.41, 5.74) is 17.7. The van der Waals surface area contributed by atoms with Gasteiger partial charge in [0.25, 0.3) is 0 Å². The number of para-hydroxylation sites is 1. The minimum absolute atomic E-state index is 0. The van der Waals surface area contributed by atoms with Crippen molar-refractivity contribution in [1.82, 2.24) is 0 Å².